The van der Waals surface area contributed by atoms with Gasteiger partial charge in [-0.1, -0.05) is 6.07 Å². The molecule has 0 saturated carbocycles. The summed E-state index contributed by atoms with van der Waals surface area (Å²) in [4.78, 5) is 58.6. The number of H-pyrrole nitrogens is 1. The summed E-state index contributed by atoms with van der Waals surface area (Å²) in [5.74, 6) is -0.907. The second kappa shape index (κ2) is 12.3. The minimum atomic E-state index is -0.960. The highest BCUT2D eigenvalue weighted by Crippen LogP contribution is 2.27. The Morgan fingerprint density at radius 2 is 1.89 bits per heavy atom. The number of hydrogen-bond acceptors (Lipinski definition) is 9. The maximum absolute atomic E-state index is 12.9. The van der Waals surface area contributed by atoms with E-state index in [4.69, 9.17) is 9.47 Å². The van der Waals surface area contributed by atoms with Gasteiger partial charge in [0, 0.05) is 20.0 Å². The molecular weight excluding hydrogens is 484 g/mol. The van der Waals surface area contributed by atoms with Crippen LogP contribution in [-0.2, 0) is 25.6 Å². The van der Waals surface area contributed by atoms with E-state index >= 15 is 0 Å². The second-order valence-electron chi connectivity index (χ2n) is 8.12. The topological polar surface area (TPSA) is 131 Å². The maximum atomic E-state index is 12.9. The number of fused-ring (bicyclic) bond motifs is 1. The molecule has 0 aliphatic carbocycles. The minimum Gasteiger partial charge on any atom is -0.466 e. The number of amides is 1. The number of nitrogens with one attached hydrogen (secondary N) is 2. The number of nitrogens with zero attached hydrogens (tertiary/aromatic N) is 2. The van der Waals surface area contributed by atoms with E-state index in [1.165, 1.54) is 11.3 Å². The maximum Gasteiger partial charge on any atom is 0.328 e. The molecule has 0 spiro atoms. The number of carbonyl (C=O) groups is 3. The SMILES string of the molecule is CCOC(=O)CC[C@H](NC(=O)c1ccc(N(C)Cc2ccc3nc(C)[nH]c(=O)c3c2)s1)C(=O)OCC. The van der Waals surface area contributed by atoms with E-state index in [0.29, 0.717) is 28.1 Å². The number of aromatic amines is 1. The van der Waals surface area contributed by atoms with Crippen molar-refractivity contribution in [3.8, 4) is 0 Å². The van der Waals surface area contributed by atoms with Gasteiger partial charge in [-0.3, -0.25) is 14.4 Å². The summed E-state index contributed by atoms with van der Waals surface area (Å²) in [5.41, 5.74) is 1.37. The Morgan fingerprint density at radius 3 is 2.61 bits per heavy atom. The zero-order valence-electron chi connectivity index (χ0n) is 20.8. The number of hydrogen-bond donors (Lipinski definition) is 2. The first-order valence-electron chi connectivity index (χ1n) is 11.7. The van der Waals surface area contributed by atoms with Gasteiger partial charge < -0.3 is 24.7 Å². The Balaban J connectivity index is 1.68. The molecule has 1 amide bonds. The van der Waals surface area contributed by atoms with Gasteiger partial charge in [0.05, 0.1) is 34.0 Å². The van der Waals surface area contributed by atoms with Crippen molar-refractivity contribution < 1.29 is 23.9 Å². The highest BCUT2D eigenvalue weighted by atomic mass is 32.1. The molecule has 3 rings (SSSR count). The summed E-state index contributed by atoms with van der Waals surface area (Å²) >= 11 is 1.27. The summed E-state index contributed by atoms with van der Waals surface area (Å²) in [7, 11) is 1.89. The monoisotopic (exact) mass is 514 g/mol. The van der Waals surface area contributed by atoms with Crippen LogP contribution >= 0.6 is 11.3 Å². The lowest BCUT2D eigenvalue weighted by Crippen LogP contribution is -2.42. The predicted octanol–water partition coefficient (Wildman–Crippen LogP) is 2.93. The lowest BCUT2D eigenvalue weighted by Gasteiger charge is -2.18. The van der Waals surface area contributed by atoms with Gasteiger partial charge in [0.1, 0.15) is 11.9 Å². The van der Waals surface area contributed by atoms with Crippen LogP contribution in [0.5, 0.6) is 0 Å². The third-order valence-corrected chi connectivity index (χ3v) is 6.52. The first-order valence-corrected chi connectivity index (χ1v) is 12.5. The zero-order chi connectivity index (χ0) is 26.2. The fourth-order valence-corrected chi connectivity index (χ4v) is 4.49. The molecule has 0 radical (unpaired) electrons. The molecule has 1 atom stereocenters. The smallest absolute Gasteiger partial charge is 0.328 e. The average molecular weight is 515 g/mol. The molecule has 2 heterocycles. The molecule has 2 N–H and O–H groups in total. The van der Waals surface area contributed by atoms with Crippen molar-refractivity contribution in [2.75, 3.05) is 25.2 Å². The van der Waals surface area contributed by atoms with Crippen molar-refractivity contribution in [2.45, 2.75) is 46.2 Å². The van der Waals surface area contributed by atoms with Crippen LogP contribution in [0.25, 0.3) is 10.9 Å². The Bertz CT molecular complexity index is 1300. The number of thiophene rings is 1. The third kappa shape index (κ3) is 6.91. The van der Waals surface area contributed by atoms with Crippen LogP contribution in [0.2, 0.25) is 0 Å². The first kappa shape index (κ1) is 26.9. The van der Waals surface area contributed by atoms with Crippen molar-refractivity contribution >= 4 is 45.1 Å². The summed E-state index contributed by atoms with van der Waals surface area (Å²) < 4.78 is 9.95. The third-order valence-electron chi connectivity index (χ3n) is 5.32. The minimum absolute atomic E-state index is 0.0142. The zero-order valence-corrected chi connectivity index (χ0v) is 21.6. The van der Waals surface area contributed by atoms with Gasteiger partial charge in [0.25, 0.3) is 11.5 Å². The summed E-state index contributed by atoms with van der Waals surface area (Å²) in [6.45, 7) is 6.03. The fourth-order valence-electron chi connectivity index (χ4n) is 3.62. The van der Waals surface area contributed by atoms with Crippen molar-refractivity contribution in [1.82, 2.24) is 15.3 Å². The molecule has 0 saturated heterocycles. The van der Waals surface area contributed by atoms with E-state index in [1.807, 2.05) is 36.2 Å². The number of aromatic nitrogens is 2. The molecule has 0 unspecified atom stereocenters. The standard InChI is InChI=1S/C25H30N4O6S/c1-5-34-22(30)12-9-19(25(33)35-6-2)28-24(32)20-10-11-21(36-20)29(4)14-16-7-8-18-17(13-16)23(31)27-15(3)26-18/h7-8,10-11,13,19H,5-6,9,12,14H2,1-4H3,(H,28,32)(H,26,27,31)/t19-/m0/s1. The summed E-state index contributed by atoms with van der Waals surface area (Å²) in [6.07, 6.45) is 0.0662. The van der Waals surface area contributed by atoms with Gasteiger partial charge in [-0.15, -0.1) is 11.3 Å². The van der Waals surface area contributed by atoms with Crippen LogP contribution in [0.3, 0.4) is 0 Å². The Labute approximate surface area is 212 Å². The van der Waals surface area contributed by atoms with Crippen molar-refractivity contribution in [1.29, 1.82) is 0 Å². The number of esters is 2. The molecule has 36 heavy (non-hydrogen) atoms. The van der Waals surface area contributed by atoms with Crippen LogP contribution in [0.15, 0.2) is 35.1 Å². The molecule has 10 nitrogen and oxygen atoms in total. The first-order chi connectivity index (χ1) is 17.2. The molecule has 3 aromatic rings. The molecule has 0 fully saturated rings. The van der Waals surface area contributed by atoms with Gasteiger partial charge in [-0.2, -0.15) is 0 Å². The molecule has 0 aliphatic rings. The molecule has 192 valence electrons. The summed E-state index contributed by atoms with van der Waals surface area (Å²) in [6, 6.07) is 8.08. The molecule has 11 heteroatoms. The van der Waals surface area contributed by atoms with Crippen LogP contribution in [0.4, 0.5) is 5.00 Å². The highest BCUT2D eigenvalue weighted by Gasteiger charge is 2.25. The second-order valence-corrected chi connectivity index (χ2v) is 9.18. The van der Waals surface area contributed by atoms with Gasteiger partial charge in [0.15, 0.2) is 0 Å². The summed E-state index contributed by atoms with van der Waals surface area (Å²) in [5, 5.41) is 4.02. The van der Waals surface area contributed by atoms with E-state index < -0.39 is 23.9 Å². The van der Waals surface area contributed by atoms with Crippen molar-refractivity contribution in [2.24, 2.45) is 0 Å². The Kier molecular flexibility index (Phi) is 9.18. The molecule has 1 aromatic carbocycles. The number of aryl methyl sites for hydroxylation is 1. The average Bonchev–Trinajstić information content (AvgIpc) is 3.33. The number of benzene rings is 1. The van der Waals surface area contributed by atoms with E-state index in [-0.39, 0.29) is 31.6 Å². The van der Waals surface area contributed by atoms with E-state index in [2.05, 4.69) is 15.3 Å². The number of anilines is 1. The van der Waals surface area contributed by atoms with Crippen LogP contribution in [0, 0.1) is 6.92 Å². The Morgan fingerprint density at radius 1 is 1.14 bits per heavy atom. The van der Waals surface area contributed by atoms with Crippen LogP contribution in [-0.4, -0.2) is 54.1 Å². The highest BCUT2D eigenvalue weighted by molar-refractivity contribution is 7.18. The molecular formula is C25H30N4O6S. The van der Waals surface area contributed by atoms with Gasteiger partial charge in [0.2, 0.25) is 0 Å². The lowest BCUT2D eigenvalue weighted by molar-refractivity contribution is -0.146. The van der Waals surface area contributed by atoms with Gasteiger partial charge in [-0.25, -0.2) is 9.78 Å². The van der Waals surface area contributed by atoms with E-state index in [0.717, 1.165) is 10.6 Å². The molecule has 0 bridgehead atoms. The lowest BCUT2D eigenvalue weighted by atomic mass is 10.1. The number of carbonyl (C=O) groups excluding carboxylic acids is 3. The van der Waals surface area contributed by atoms with Gasteiger partial charge >= 0.3 is 11.9 Å². The predicted molar refractivity (Wildman–Crippen MR) is 137 cm³/mol. The van der Waals surface area contributed by atoms with E-state index in [1.54, 1.807) is 26.8 Å². The largest absolute Gasteiger partial charge is 0.466 e. The van der Waals surface area contributed by atoms with E-state index in [9.17, 15) is 19.2 Å². The molecule has 0 aliphatic heterocycles. The van der Waals surface area contributed by atoms with Crippen LogP contribution < -0.4 is 15.8 Å². The normalized spacial score (nSPS) is 11.7. The quantitative estimate of drug-likeness (QED) is 0.374. The molecule has 2 aromatic heterocycles. The number of rotatable bonds is 11. The van der Waals surface area contributed by atoms with Gasteiger partial charge in [-0.05, 0) is 57.0 Å². The van der Waals surface area contributed by atoms with Crippen molar-refractivity contribution in [3.63, 3.8) is 0 Å². The number of ether oxygens (including phenoxy) is 2. The fraction of sp³-hybridized carbons (Fsp3) is 0.400. The van der Waals surface area contributed by atoms with Crippen LogP contribution in [0.1, 0.15) is 47.7 Å². The van der Waals surface area contributed by atoms with Crippen molar-refractivity contribution in [3.05, 3.63) is 57.0 Å². The Hall–Kier alpha value is -3.73.